The van der Waals surface area contributed by atoms with E-state index in [1.165, 1.54) is 24.4 Å². The standard InChI is InChI=1S/C27H31F3N4O2/c1-17(31)22(14-33-13-18-7-8-18)26(35)25(12-23(32)27(29)30)34-24-10-9-21(28)11-20(24)16-36-15-19-5-3-2-4-6-19/h2-6,9-12,14,18,26-27,35H,7-8,13,15-16,31-32H2,1H3. The number of benzene rings is 2. The Balaban J connectivity index is 1.92. The van der Waals surface area contributed by atoms with E-state index in [1.54, 1.807) is 6.92 Å². The lowest BCUT2D eigenvalue weighted by Gasteiger charge is -2.16. The number of nitrogens with zero attached hydrogens (tertiary/aromatic N) is 2. The van der Waals surface area contributed by atoms with Crippen molar-refractivity contribution in [2.75, 3.05) is 6.54 Å². The van der Waals surface area contributed by atoms with Crippen LogP contribution in [0.1, 0.15) is 30.9 Å². The van der Waals surface area contributed by atoms with Crippen molar-refractivity contribution < 1.29 is 23.0 Å². The topological polar surface area (TPSA) is 106 Å². The number of ether oxygens (including phenoxy) is 1. The summed E-state index contributed by atoms with van der Waals surface area (Å²) in [5.41, 5.74) is 12.5. The molecule has 192 valence electrons. The summed E-state index contributed by atoms with van der Waals surface area (Å²) in [6.45, 7) is 2.45. The predicted octanol–water partition coefficient (Wildman–Crippen LogP) is 4.80. The third kappa shape index (κ3) is 8.35. The maximum Gasteiger partial charge on any atom is 0.277 e. The van der Waals surface area contributed by atoms with Crippen LogP contribution >= 0.6 is 0 Å². The summed E-state index contributed by atoms with van der Waals surface area (Å²) in [5, 5.41) is 11.1. The zero-order valence-corrected chi connectivity index (χ0v) is 20.1. The van der Waals surface area contributed by atoms with Crippen LogP contribution in [0.5, 0.6) is 0 Å². The molecule has 9 heteroatoms. The van der Waals surface area contributed by atoms with Crippen molar-refractivity contribution in [2.45, 2.75) is 45.5 Å². The number of alkyl halides is 2. The second kappa shape index (κ2) is 13.0. The number of hydrogen-bond donors (Lipinski definition) is 3. The maximum atomic E-state index is 14.0. The van der Waals surface area contributed by atoms with Crippen molar-refractivity contribution in [1.82, 2.24) is 0 Å². The molecule has 1 atom stereocenters. The van der Waals surface area contributed by atoms with Crippen LogP contribution in [-0.4, -0.2) is 36.1 Å². The third-order valence-electron chi connectivity index (χ3n) is 5.55. The van der Waals surface area contributed by atoms with Gasteiger partial charge < -0.3 is 21.3 Å². The van der Waals surface area contributed by atoms with E-state index in [0.29, 0.717) is 18.0 Å². The van der Waals surface area contributed by atoms with E-state index in [9.17, 15) is 18.3 Å². The molecule has 1 aliphatic rings. The molecule has 3 rings (SSSR count). The van der Waals surface area contributed by atoms with Crippen LogP contribution in [0.25, 0.3) is 0 Å². The van der Waals surface area contributed by atoms with E-state index < -0.39 is 24.0 Å². The Morgan fingerprint density at radius 2 is 1.86 bits per heavy atom. The number of aliphatic imine (C=N–C) groups is 2. The summed E-state index contributed by atoms with van der Waals surface area (Å²) in [6.07, 6.45) is 0.0960. The van der Waals surface area contributed by atoms with Crippen molar-refractivity contribution in [1.29, 1.82) is 0 Å². The van der Waals surface area contributed by atoms with Crippen molar-refractivity contribution in [2.24, 2.45) is 27.4 Å². The first-order chi connectivity index (χ1) is 17.2. The Kier molecular flexibility index (Phi) is 9.84. The van der Waals surface area contributed by atoms with E-state index in [4.69, 9.17) is 16.2 Å². The minimum Gasteiger partial charge on any atom is -0.402 e. The minimum absolute atomic E-state index is 0.00433. The Morgan fingerprint density at radius 3 is 2.50 bits per heavy atom. The first-order valence-corrected chi connectivity index (χ1v) is 11.6. The Hall–Kier alpha value is -3.43. The van der Waals surface area contributed by atoms with Gasteiger partial charge in [-0.1, -0.05) is 30.3 Å². The highest BCUT2D eigenvalue weighted by Gasteiger charge is 2.22. The average molecular weight is 501 g/mol. The zero-order valence-electron chi connectivity index (χ0n) is 20.1. The quantitative estimate of drug-likeness (QED) is 0.364. The van der Waals surface area contributed by atoms with Gasteiger partial charge in [0, 0.05) is 29.6 Å². The van der Waals surface area contributed by atoms with Gasteiger partial charge in [0.05, 0.1) is 30.3 Å². The van der Waals surface area contributed by atoms with E-state index in [1.807, 2.05) is 30.3 Å². The number of hydrogen-bond acceptors (Lipinski definition) is 6. The van der Waals surface area contributed by atoms with E-state index in [0.717, 1.165) is 24.5 Å². The van der Waals surface area contributed by atoms with Gasteiger partial charge in [-0.3, -0.25) is 4.99 Å². The van der Waals surface area contributed by atoms with Gasteiger partial charge in [0.15, 0.2) is 0 Å². The van der Waals surface area contributed by atoms with Crippen LogP contribution in [0, 0.1) is 11.7 Å². The summed E-state index contributed by atoms with van der Waals surface area (Å²) in [4.78, 5) is 8.72. The van der Waals surface area contributed by atoms with Gasteiger partial charge in [-0.25, -0.2) is 18.2 Å². The van der Waals surface area contributed by atoms with Gasteiger partial charge in [0.25, 0.3) is 6.43 Å². The van der Waals surface area contributed by atoms with E-state index in [2.05, 4.69) is 9.98 Å². The molecule has 0 amide bonds. The molecule has 1 fully saturated rings. The maximum absolute atomic E-state index is 14.0. The molecule has 2 aromatic rings. The summed E-state index contributed by atoms with van der Waals surface area (Å²) in [7, 11) is 0. The third-order valence-corrected chi connectivity index (χ3v) is 5.55. The summed E-state index contributed by atoms with van der Waals surface area (Å²) in [6, 6.07) is 13.2. The monoisotopic (exact) mass is 500 g/mol. The first kappa shape index (κ1) is 27.2. The zero-order chi connectivity index (χ0) is 26.1. The van der Waals surface area contributed by atoms with Crippen LogP contribution in [0.4, 0.5) is 18.9 Å². The summed E-state index contributed by atoms with van der Waals surface area (Å²) in [5.74, 6) is 0.000451. The fourth-order valence-corrected chi connectivity index (χ4v) is 3.32. The molecule has 2 aromatic carbocycles. The normalized spacial score (nSPS) is 16.5. The molecule has 1 unspecified atom stereocenters. The molecule has 36 heavy (non-hydrogen) atoms. The number of allylic oxidation sites excluding steroid dienone is 2. The molecule has 0 aliphatic heterocycles. The van der Waals surface area contributed by atoms with Gasteiger partial charge in [-0.15, -0.1) is 0 Å². The number of aliphatic hydroxyl groups is 1. The minimum atomic E-state index is -2.96. The largest absolute Gasteiger partial charge is 0.402 e. The van der Waals surface area contributed by atoms with Gasteiger partial charge >= 0.3 is 0 Å². The molecule has 1 saturated carbocycles. The molecular formula is C27H31F3N4O2. The lowest BCUT2D eigenvalue weighted by Crippen LogP contribution is -2.26. The fraction of sp³-hybridized carbons (Fsp3) is 0.333. The highest BCUT2D eigenvalue weighted by Crippen LogP contribution is 2.29. The van der Waals surface area contributed by atoms with Crippen LogP contribution in [-0.2, 0) is 18.0 Å². The number of rotatable bonds is 12. The molecule has 0 spiro atoms. The van der Waals surface area contributed by atoms with E-state index in [-0.39, 0.29) is 35.9 Å². The smallest absolute Gasteiger partial charge is 0.277 e. The average Bonchev–Trinajstić information content (AvgIpc) is 3.67. The Morgan fingerprint density at radius 1 is 1.14 bits per heavy atom. The Bertz CT molecular complexity index is 1140. The number of aliphatic hydroxyl groups excluding tert-OH is 1. The Labute approximate surface area is 208 Å². The first-order valence-electron chi connectivity index (χ1n) is 11.6. The molecule has 0 bridgehead atoms. The van der Waals surface area contributed by atoms with Gasteiger partial charge in [0.2, 0.25) is 0 Å². The molecule has 0 radical (unpaired) electrons. The van der Waals surface area contributed by atoms with Crippen LogP contribution < -0.4 is 11.5 Å². The molecule has 0 heterocycles. The predicted molar refractivity (Wildman–Crippen MR) is 136 cm³/mol. The lowest BCUT2D eigenvalue weighted by atomic mass is 10.0. The fourth-order valence-electron chi connectivity index (χ4n) is 3.32. The molecular weight excluding hydrogens is 469 g/mol. The lowest BCUT2D eigenvalue weighted by molar-refractivity contribution is 0.107. The highest BCUT2D eigenvalue weighted by atomic mass is 19.3. The van der Waals surface area contributed by atoms with Gasteiger partial charge in [-0.2, -0.15) is 0 Å². The van der Waals surface area contributed by atoms with E-state index >= 15 is 0 Å². The van der Waals surface area contributed by atoms with Crippen molar-refractivity contribution in [3.63, 3.8) is 0 Å². The number of halogens is 3. The van der Waals surface area contributed by atoms with Crippen LogP contribution in [0.2, 0.25) is 0 Å². The van der Waals surface area contributed by atoms with Crippen molar-refractivity contribution >= 4 is 17.6 Å². The molecule has 5 N–H and O–H groups in total. The van der Waals surface area contributed by atoms with Gasteiger partial charge in [0.1, 0.15) is 11.9 Å². The number of nitrogens with two attached hydrogens (primary N) is 2. The summed E-state index contributed by atoms with van der Waals surface area (Å²) >= 11 is 0. The van der Waals surface area contributed by atoms with Crippen molar-refractivity contribution in [3.05, 3.63) is 88.5 Å². The van der Waals surface area contributed by atoms with Crippen LogP contribution in [0.3, 0.4) is 0 Å². The van der Waals surface area contributed by atoms with Crippen molar-refractivity contribution in [3.8, 4) is 0 Å². The molecule has 0 saturated heterocycles. The highest BCUT2D eigenvalue weighted by molar-refractivity contribution is 6.06. The summed E-state index contributed by atoms with van der Waals surface area (Å²) < 4.78 is 46.2. The molecule has 6 nitrogen and oxygen atoms in total. The molecule has 1 aliphatic carbocycles. The molecule has 0 aromatic heterocycles. The second-order valence-electron chi connectivity index (χ2n) is 8.71. The second-order valence-corrected chi connectivity index (χ2v) is 8.71. The van der Waals surface area contributed by atoms with Crippen LogP contribution in [0.15, 0.2) is 81.6 Å². The SMILES string of the molecule is CC(N)=C(C=NCC1CC1)C(O)C(C=C(N)C(F)F)=Nc1ccc(F)cc1COCc1ccccc1. The van der Waals surface area contributed by atoms with Gasteiger partial charge in [-0.05, 0) is 55.5 Å².